The SMILES string of the molecule is CCOC(=O)c1c(C)oc2ccc(N(C(=O)c3ccc(C)cc3)S(=O)(=O)c3ccc4ccccc4c3)cc12. The monoisotopic (exact) mass is 527 g/mol. The van der Waals surface area contributed by atoms with E-state index in [2.05, 4.69) is 0 Å². The highest BCUT2D eigenvalue weighted by Crippen LogP contribution is 2.34. The summed E-state index contributed by atoms with van der Waals surface area (Å²) in [6.45, 7) is 5.37. The number of fused-ring (bicyclic) bond motifs is 2. The molecule has 0 unspecified atom stereocenters. The lowest BCUT2D eigenvalue weighted by Gasteiger charge is -2.23. The number of carbonyl (C=O) groups is 2. The largest absolute Gasteiger partial charge is 0.462 e. The maximum atomic E-state index is 14.1. The molecule has 5 aromatic rings. The second-order valence-electron chi connectivity index (χ2n) is 8.88. The first-order valence-electron chi connectivity index (χ1n) is 12.1. The maximum Gasteiger partial charge on any atom is 0.342 e. The molecule has 5 rings (SSSR count). The Morgan fingerprint density at radius 1 is 0.868 bits per heavy atom. The minimum atomic E-state index is -4.37. The van der Waals surface area contributed by atoms with Gasteiger partial charge in [0, 0.05) is 10.9 Å². The number of aryl methyl sites for hydroxylation is 2. The third kappa shape index (κ3) is 4.43. The highest BCUT2D eigenvalue weighted by Gasteiger charge is 2.33. The zero-order valence-electron chi connectivity index (χ0n) is 21.1. The van der Waals surface area contributed by atoms with Crippen LogP contribution in [0.3, 0.4) is 0 Å². The van der Waals surface area contributed by atoms with E-state index in [0.29, 0.717) is 16.7 Å². The molecule has 0 saturated heterocycles. The van der Waals surface area contributed by atoms with Crippen LogP contribution >= 0.6 is 0 Å². The molecule has 7 nitrogen and oxygen atoms in total. The van der Waals surface area contributed by atoms with Crippen LogP contribution in [-0.4, -0.2) is 26.9 Å². The molecule has 0 bridgehead atoms. The molecular formula is C30H25NO6S. The van der Waals surface area contributed by atoms with E-state index in [4.69, 9.17) is 9.15 Å². The molecule has 0 aliphatic heterocycles. The predicted octanol–water partition coefficient (Wildman–Crippen LogP) is 6.42. The molecule has 8 heteroatoms. The number of amides is 1. The second kappa shape index (κ2) is 9.79. The van der Waals surface area contributed by atoms with Crippen molar-refractivity contribution in [1.82, 2.24) is 0 Å². The van der Waals surface area contributed by atoms with Crippen molar-refractivity contribution in [2.75, 3.05) is 10.9 Å². The molecule has 0 N–H and O–H groups in total. The fourth-order valence-corrected chi connectivity index (χ4v) is 5.84. The molecule has 0 radical (unpaired) electrons. The van der Waals surface area contributed by atoms with Crippen LogP contribution in [0.25, 0.3) is 21.7 Å². The summed E-state index contributed by atoms with van der Waals surface area (Å²) in [5.41, 5.74) is 1.77. The Morgan fingerprint density at radius 2 is 1.58 bits per heavy atom. The van der Waals surface area contributed by atoms with Gasteiger partial charge in [0.25, 0.3) is 15.9 Å². The van der Waals surface area contributed by atoms with Crippen LogP contribution in [0.1, 0.15) is 39.0 Å². The number of sulfonamides is 1. The van der Waals surface area contributed by atoms with Crippen LogP contribution in [0.4, 0.5) is 5.69 Å². The number of hydrogen-bond donors (Lipinski definition) is 0. The second-order valence-corrected chi connectivity index (χ2v) is 10.7. The molecule has 0 aliphatic rings. The number of carbonyl (C=O) groups excluding carboxylic acids is 2. The topological polar surface area (TPSA) is 93.9 Å². The van der Waals surface area contributed by atoms with Crippen molar-refractivity contribution in [3.05, 3.63) is 107 Å². The summed E-state index contributed by atoms with van der Waals surface area (Å²) in [6, 6.07) is 23.3. The molecule has 1 amide bonds. The molecule has 38 heavy (non-hydrogen) atoms. The van der Waals surface area contributed by atoms with Crippen molar-refractivity contribution >= 4 is 49.3 Å². The van der Waals surface area contributed by atoms with Crippen molar-refractivity contribution in [3.8, 4) is 0 Å². The number of hydrogen-bond acceptors (Lipinski definition) is 6. The zero-order chi connectivity index (χ0) is 27.0. The average molecular weight is 528 g/mol. The van der Waals surface area contributed by atoms with E-state index in [0.717, 1.165) is 20.6 Å². The highest BCUT2D eigenvalue weighted by molar-refractivity contribution is 7.93. The number of furan rings is 1. The summed E-state index contributed by atoms with van der Waals surface area (Å²) < 4.78 is 39.9. The normalized spacial score (nSPS) is 11.6. The Hall–Kier alpha value is -4.43. The van der Waals surface area contributed by atoms with Crippen molar-refractivity contribution in [2.24, 2.45) is 0 Å². The Balaban J connectivity index is 1.72. The van der Waals surface area contributed by atoms with Crippen LogP contribution in [0.5, 0.6) is 0 Å². The Bertz CT molecular complexity index is 1800. The van der Waals surface area contributed by atoms with Crippen LogP contribution < -0.4 is 4.31 Å². The molecular weight excluding hydrogens is 502 g/mol. The predicted molar refractivity (Wildman–Crippen MR) is 146 cm³/mol. The minimum absolute atomic E-state index is 0.0363. The Kier molecular flexibility index (Phi) is 6.50. The number of esters is 1. The van der Waals surface area contributed by atoms with Gasteiger partial charge in [0.15, 0.2) is 0 Å². The summed E-state index contributed by atoms with van der Waals surface area (Å²) in [5.74, 6) is -0.977. The zero-order valence-corrected chi connectivity index (χ0v) is 21.9. The van der Waals surface area contributed by atoms with E-state index in [1.807, 2.05) is 31.2 Å². The molecule has 1 heterocycles. The third-order valence-corrected chi connectivity index (χ3v) is 8.01. The first-order valence-corrected chi connectivity index (χ1v) is 13.5. The van der Waals surface area contributed by atoms with E-state index in [-0.39, 0.29) is 28.3 Å². The van der Waals surface area contributed by atoms with Gasteiger partial charge >= 0.3 is 5.97 Å². The van der Waals surface area contributed by atoms with Gasteiger partial charge in [0.1, 0.15) is 16.9 Å². The van der Waals surface area contributed by atoms with Crippen LogP contribution in [-0.2, 0) is 14.8 Å². The number of nitrogens with zero attached hydrogens (tertiary/aromatic N) is 1. The van der Waals surface area contributed by atoms with Crippen molar-refractivity contribution in [1.29, 1.82) is 0 Å². The van der Waals surface area contributed by atoms with Crippen LogP contribution in [0.2, 0.25) is 0 Å². The molecule has 0 atom stereocenters. The van der Waals surface area contributed by atoms with E-state index >= 15 is 0 Å². The van der Waals surface area contributed by atoms with E-state index < -0.39 is 21.9 Å². The van der Waals surface area contributed by atoms with E-state index in [1.165, 1.54) is 18.2 Å². The molecule has 1 aromatic heterocycles. The number of benzene rings is 4. The van der Waals surface area contributed by atoms with Gasteiger partial charge in [0.2, 0.25) is 0 Å². The quantitative estimate of drug-likeness (QED) is 0.237. The van der Waals surface area contributed by atoms with Gasteiger partial charge in [-0.25, -0.2) is 13.2 Å². The first kappa shape index (κ1) is 25.2. The van der Waals surface area contributed by atoms with Crippen LogP contribution in [0, 0.1) is 13.8 Å². The Morgan fingerprint density at radius 3 is 2.29 bits per heavy atom. The van der Waals surface area contributed by atoms with Gasteiger partial charge < -0.3 is 9.15 Å². The standard InChI is InChI=1S/C30H25NO6S/c1-4-36-30(33)28-20(3)37-27-16-14-24(18-26(27)28)31(29(32)22-11-9-19(2)10-12-22)38(34,35)25-15-13-21-7-5-6-8-23(21)17-25/h5-18H,4H2,1-3H3. The summed E-state index contributed by atoms with van der Waals surface area (Å²) in [4.78, 5) is 26.5. The van der Waals surface area contributed by atoms with Crippen molar-refractivity contribution in [3.63, 3.8) is 0 Å². The van der Waals surface area contributed by atoms with Crippen LogP contribution in [0.15, 0.2) is 94.2 Å². The lowest BCUT2D eigenvalue weighted by molar-refractivity contribution is 0.0526. The summed E-state index contributed by atoms with van der Waals surface area (Å²) in [7, 11) is -4.37. The molecule has 192 valence electrons. The van der Waals surface area contributed by atoms with Gasteiger partial charge in [-0.05, 0) is 74.0 Å². The van der Waals surface area contributed by atoms with Gasteiger partial charge in [-0.3, -0.25) is 4.79 Å². The summed E-state index contributed by atoms with van der Waals surface area (Å²) in [5, 5.41) is 1.95. The van der Waals surface area contributed by atoms with Gasteiger partial charge in [-0.1, -0.05) is 48.0 Å². The van der Waals surface area contributed by atoms with E-state index in [9.17, 15) is 18.0 Å². The Labute approximate surface area is 220 Å². The van der Waals surface area contributed by atoms with Gasteiger partial charge in [0.05, 0.1) is 17.2 Å². The smallest absolute Gasteiger partial charge is 0.342 e. The molecule has 0 spiro atoms. The number of anilines is 1. The minimum Gasteiger partial charge on any atom is -0.462 e. The summed E-state index contributed by atoms with van der Waals surface area (Å²) >= 11 is 0. The fraction of sp³-hybridized carbons (Fsp3) is 0.133. The van der Waals surface area contributed by atoms with Gasteiger partial charge in [-0.15, -0.1) is 0 Å². The van der Waals surface area contributed by atoms with Gasteiger partial charge in [-0.2, -0.15) is 4.31 Å². The molecule has 0 fully saturated rings. The maximum absolute atomic E-state index is 14.1. The average Bonchev–Trinajstić information content (AvgIpc) is 3.24. The number of rotatable bonds is 6. The van der Waals surface area contributed by atoms with E-state index in [1.54, 1.807) is 56.3 Å². The lowest BCUT2D eigenvalue weighted by Crippen LogP contribution is -2.37. The first-order chi connectivity index (χ1) is 18.2. The molecule has 0 saturated carbocycles. The molecule has 0 aliphatic carbocycles. The highest BCUT2D eigenvalue weighted by atomic mass is 32.2. The van der Waals surface area contributed by atoms with Crippen molar-refractivity contribution in [2.45, 2.75) is 25.7 Å². The number of ether oxygens (including phenoxy) is 1. The third-order valence-electron chi connectivity index (χ3n) is 6.30. The fourth-order valence-electron chi connectivity index (χ4n) is 4.40. The molecule has 4 aromatic carbocycles. The lowest BCUT2D eigenvalue weighted by atomic mass is 10.1. The van der Waals surface area contributed by atoms with Crippen molar-refractivity contribution < 1.29 is 27.2 Å². The summed E-state index contributed by atoms with van der Waals surface area (Å²) in [6.07, 6.45) is 0.